The van der Waals surface area contributed by atoms with E-state index in [0.717, 1.165) is 22.9 Å². The lowest BCUT2D eigenvalue weighted by Crippen LogP contribution is -2.17. The van der Waals surface area contributed by atoms with Crippen LogP contribution < -0.4 is 0 Å². The molecule has 0 N–H and O–H groups in total. The first-order chi connectivity index (χ1) is 6.69. The van der Waals surface area contributed by atoms with Crippen molar-refractivity contribution in [3.8, 4) is 0 Å². The fraction of sp³-hybridized carbons (Fsp3) is 0.250. The molecule has 0 heterocycles. The molecular formula is C12H11BrO. The standard InChI is InChI=1S/C12H11BrO/c1-2-11(14)12(7-8-12)9-3-5-10(13)6-4-9/h2-6H,1,7-8H2. The van der Waals surface area contributed by atoms with Gasteiger partial charge in [-0.3, -0.25) is 4.79 Å². The van der Waals surface area contributed by atoms with Gasteiger partial charge in [0.25, 0.3) is 0 Å². The van der Waals surface area contributed by atoms with Gasteiger partial charge in [-0.1, -0.05) is 34.6 Å². The van der Waals surface area contributed by atoms with Crippen LogP contribution in [0.5, 0.6) is 0 Å². The molecule has 1 fully saturated rings. The maximum absolute atomic E-state index is 11.7. The lowest BCUT2D eigenvalue weighted by Gasteiger charge is -2.11. The third-order valence-electron chi connectivity index (χ3n) is 2.80. The number of rotatable bonds is 3. The Kier molecular flexibility index (Phi) is 2.31. The summed E-state index contributed by atoms with van der Waals surface area (Å²) in [4.78, 5) is 11.7. The van der Waals surface area contributed by atoms with Crippen LogP contribution in [-0.4, -0.2) is 5.78 Å². The first-order valence-corrected chi connectivity index (χ1v) is 5.41. The molecule has 0 spiro atoms. The van der Waals surface area contributed by atoms with Crippen molar-refractivity contribution in [2.75, 3.05) is 0 Å². The molecule has 0 atom stereocenters. The number of carbonyl (C=O) groups is 1. The smallest absolute Gasteiger partial charge is 0.165 e. The average Bonchev–Trinajstić information content (AvgIpc) is 2.99. The Balaban J connectivity index is 2.35. The van der Waals surface area contributed by atoms with Crippen molar-refractivity contribution in [3.63, 3.8) is 0 Å². The van der Waals surface area contributed by atoms with Crippen molar-refractivity contribution in [1.82, 2.24) is 0 Å². The van der Waals surface area contributed by atoms with Crippen LogP contribution in [0.3, 0.4) is 0 Å². The Bertz CT molecular complexity index is 374. The summed E-state index contributed by atoms with van der Waals surface area (Å²) in [7, 11) is 0. The van der Waals surface area contributed by atoms with E-state index in [4.69, 9.17) is 0 Å². The maximum atomic E-state index is 11.7. The van der Waals surface area contributed by atoms with Crippen molar-refractivity contribution < 1.29 is 4.79 Å². The highest BCUT2D eigenvalue weighted by atomic mass is 79.9. The summed E-state index contributed by atoms with van der Waals surface area (Å²) in [6.07, 6.45) is 3.36. The predicted molar refractivity (Wildman–Crippen MR) is 60.3 cm³/mol. The topological polar surface area (TPSA) is 17.1 Å². The number of hydrogen-bond acceptors (Lipinski definition) is 1. The predicted octanol–water partition coefficient (Wildman–Crippen LogP) is 3.24. The molecule has 2 heteroatoms. The highest BCUT2D eigenvalue weighted by Gasteiger charge is 2.49. The van der Waals surface area contributed by atoms with Crippen molar-refractivity contribution >= 4 is 21.7 Å². The number of halogens is 1. The summed E-state index contributed by atoms with van der Waals surface area (Å²) in [6.45, 7) is 3.55. The Morgan fingerprint density at radius 2 is 1.93 bits per heavy atom. The van der Waals surface area contributed by atoms with Gasteiger partial charge in [0.1, 0.15) is 0 Å². The highest BCUT2D eigenvalue weighted by Crippen LogP contribution is 2.49. The average molecular weight is 251 g/mol. The summed E-state index contributed by atoms with van der Waals surface area (Å²) < 4.78 is 1.04. The Labute approximate surface area is 92.0 Å². The van der Waals surface area contributed by atoms with Crippen LogP contribution in [0.15, 0.2) is 41.4 Å². The third kappa shape index (κ3) is 1.44. The van der Waals surface area contributed by atoms with Crippen LogP contribution in [0, 0.1) is 0 Å². The van der Waals surface area contributed by atoms with Gasteiger partial charge in [-0.05, 0) is 36.6 Å². The van der Waals surface area contributed by atoms with Crippen LogP contribution in [0.2, 0.25) is 0 Å². The number of benzene rings is 1. The molecule has 1 aromatic rings. The van der Waals surface area contributed by atoms with E-state index >= 15 is 0 Å². The van der Waals surface area contributed by atoms with Gasteiger partial charge in [-0.15, -0.1) is 0 Å². The minimum Gasteiger partial charge on any atom is -0.294 e. The first kappa shape index (κ1) is 9.66. The fourth-order valence-corrected chi connectivity index (χ4v) is 2.03. The molecule has 1 saturated carbocycles. The van der Waals surface area contributed by atoms with Crippen LogP contribution in [-0.2, 0) is 10.2 Å². The van der Waals surface area contributed by atoms with E-state index in [0.29, 0.717) is 0 Å². The van der Waals surface area contributed by atoms with Gasteiger partial charge in [-0.2, -0.15) is 0 Å². The second-order valence-electron chi connectivity index (χ2n) is 3.66. The summed E-state index contributed by atoms with van der Waals surface area (Å²) >= 11 is 3.38. The van der Waals surface area contributed by atoms with Crippen LogP contribution in [0.25, 0.3) is 0 Å². The van der Waals surface area contributed by atoms with Crippen molar-refractivity contribution in [3.05, 3.63) is 47.0 Å². The summed E-state index contributed by atoms with van der Waals surface area (Å²) in [5, 5.41) is 0. The van der Waals surface area contributed by atoms with Gasteiger partial charge in [-0.25, -0.2) is 0 Å². The summed E-state index contributed by atoms with van der Waals surface area (Å²) in [5.74, 6) is 0.153. The molecule has 1 nitrogen and oxygen atoms in total. The van der Waals surface area contributed by atoms with Crippen molar-refractivity contribution in [2.45, 2.75) is 18.3 Å². The van der Waals surface area contributed by atoms with Gasteiger partial charge >= 0.3 is 0 Å². The minimum absolute atomic E-state index is 0.153. The van der Waals surface area contributed by atoms with Crippen LogP contribution >= 0.6 is 15.9 Å². The molecule has 2 rings (SSSR count). The molecule has 14 heavy (non-hydrogen) atoms. The molecule has 1 aliphatic rings. The van der Waals surface area contributed by atoms with Gasteiger partial charge in [0, 0.05) is 4.47 Å². The van der Waals surface area contributed by atoms with E-state index < -0.39 is 0 Å². The summed E-state index contributed by atoms with van der Waals surface area (Å²) in [5.41, 5.74) is 0.883. The fourth-order valence-electron chi connectivity index (χ4n) is 1.77. The largest absolute Gasteiger partial charge is 0.294 e. The molecule has 1 aliphatic carbocycles. The Hall–Kier alpha value is -0.890. The van der Waals surface area contributed by atoms with Gasteiger partial charge in [0.2, 0.25) is 0 Å². The molecule has 0 unspecified atom stereocenters. The second kappa shape index (κ2) is 3.35. The quantitative estimate of drug-likeness (QED) is 0.754. The van der Waals surface area contributed by atoms with E-state index in [1.54, 1.807) is 0 Å². The van der Waals surface area contributed by atoms with Crippen LogP contribution in [0.1, 0.15) is 18.4 Å². The molecule has 0 saturated heterocycles. The minimum atomic E-state index is -0.234. The zero-order valence-electron chi connectivity index (χ0n) is 7.79. The normalized spacial score (nSPS) is 17.5. The number of ketones is 1. The highest BCUT2D eigenvalue weighted by molar-refractivity contribution is 9.10. The lowest BCUT2D eigenvalue weighted by atomic mass is 9.91. The van der Waals surface area contributed by atoms with Gasteiger partial charge in [0.05, 0.1) is 5.41 Å². The number of carbonyl (C=O) groups excluding carboxylic acids is 1. The molecule has 0 aromatic heterocycles. The molecule has 0 radical (unpaired) electrons. The van der Waals surface area contributed by atoms with E-state index in [9.17, 15) is 4.79 Å². The first-order valence-electron chi connectivity index (χ1n) is 4.62. The number of allylic oxidation sites excluding steroid dienone is 1. The Morgan fingerprint density at radius 1 is 1.36 bits per heavy atom. The molecule has 72 valence electrons. The molecule has 1 aromatic carbocycles. The Morgan fingerprint density at radius 3 is 2.36 bits per heavy atom. The van der Waals surface area contributed by atoms with Crippen LogP contribution in [0.4, 0.5) is 0 Å². The van der Waals surface area contributed by atoms with E-state index in [1.807, 2.05) is 24.3 Å². The van der Waals surface area contributed by atoms with E-state index in [2.05, 4.69) is 22.5 Å². The number of hydrogen-bond donors (Lipinski definition) is 0. The van der Waals surface area contributed by atoms with Crippen molar-refractivity contribution in [2.24, 2.45) is 0 Å². The molecule has 0 amide bonds. The van der Waals surface area contributed by atoms with Gasteiger partial charge < -0.3 is 0 Å². The molecular weight excluding hydrogens is 240 g/mol. The maximum Gasteiger partial charge on any atom is 0.165 e. The summed E-state index contributed by atoms with van der Waals surface area (Å²) in [6, 6.07) is 7.98. The zero-order chi connectivity index (χ0) is 10.2. The second-order valence-corrected chi connectivity index (χ2v) is 4.57. The molecule has 0 bridgehead atoms. The van der Waals surface area contributed by atoms with Gasteiger partial charge in [0.15, 0.2) is 5.78 Å². The molecule has 0 aliphatic heterocycles. The van der Waals surface area contributed by atoms with E-state index in [-0.39, 0.29) is 11.2 Å². The van der Waals surface area contributed by atoms with Crippen molar-refractivity contribution in [1.29, 1.82) is 0 Å². The van der Waals surface area contributed by atoms with E-state index in [1.165, 1.54) is 6.08 Å². The monoisotopic (exact) mass is 250 g/mol. The lowest BCUT2D eigenvalue weighted by molar-refractivity contribution is -0.116. The zero-order valence-corrected chi connectivity index (χ0v) is 9.38. The SMILES string of the molecule is C=CC(=O)C1(c2ccc(Br)cc2)CC1. The third-order valence-corrected chi connectivity index (χ3v) is 3.33.